The molecule has 1 atom stereocenters. The van der Waals surface area contributed by atoms with Gasteiger partial charge in [-0.05, 0) is 55.0 Å². The fraction of sp³-hybridized carbons (Fsp3) is 0.0645. The van der Waals surface area contributed by atoms with Crippen LogP contribution < -0.4 is 20.2 Å². The molecule has 0 radical (unpaired) electrons. The molecule has 44 heavy (non-hydrogen) atoms. The Bertz CT molecular complexity index is 2170. The van der Waals surface area contributed by atoms with E-state index in [9.17, 15) is 19.7 Å². The molecule has 6 rings (SSSR count). The summed E-state index contributed by atoms with van der Waals surface area (Å²) in [6, 6.07) is 21.0. The van der Waals surface area contributed by atoms with Crippen LogP contribution in [0.25, 0.3) is 17.4 Å². The molecule has 1 aliphatic heterocycles. The molecule has 3 heterocycles. The summed E-state index contributed by atoms with van der Waals surface area (Å²) in [6.45, 7) is 1.73. The van der Waals surface area contributed by atoms with Gasteiger partial charge in [-0.15, -0.1) is 0 Å². The second-order valence-electron chi connectivity index (χ2n) is 9.70. The van der Waals surface area contributed by atoms with Gasteiger partial charge in [-0.25, -0.2) is 4.99 Å². The van der Waals surface area contributed by atoms with Crippen molar-refractivity contribution in [3.63, 3.8) is 0 Å². The number of anilines is 1. The minimum atomic E-state index is -0.775. The van der Waals surface area contributed by atoms with E-state index in [-0.39, 0.29) is 27.2 Å². The molecule has 0 saturated heterocycles. The summed E-state index contributed by atoms with van der Waals surface area (Å²) >= 11 is 19.7. The SMILES string of the molecule is CC1=C(C(=O)Nc2ccccc2)C(c2ccc(Cl)cc2)n2c(s/c(=C/c3ccc(-c4cc(Cl)c([N+](=O)[O-])cc4Cl)o3)c2=O)=N1. The Labute approximate surface area is 268 Å². The highest BCUT2D eigenvalue weighted by atomic mass is 35.5. The zero-order valence-corrected chi connectivity index (χ0v) is 25.7. The average Bonchev–Trinajstić information content (AvgIpc) is 3.58. The number of halogens is 3. The molecule has 220 valence electrons. The number of benzene rings is 3. The molecule has 2 aromatic heterocycles. The van der Waals surface area contributed by atoms with E-state index in [1.165, 1.54) is 10.6 Å². The molecular weight excluding hydrogens is 647 g/mol. The Morgan fingerprint density at radius 3 is 2.48 bits per heavy atom. The van der Waals surface area contributed by atoms with E-state index in [1.807, 2.05) is 18.2 Å². The van der Waals surface area contributed by atoms with Gasteiger partial charge in [0.1, 0.15) is 16.5 Å². The number of fused-ring (bicyclic) bond motifs is 1. The van der Waals surface area contributed by atoms with Crippen LogP contribution in [0.2, 0.25) is 15.1 Å². The third kappa shape index (κ3) is 5.60. The Morgan fingerprint density at radius 2 is 1.77 bits per heavy atom. The van der Waals surface area contributed by atoms with Crippen molar-refractivity contribution in [3.8, 4) is 11.3 Å². The molecule has 5 aromatic rings. The molecule has 3 aromatic carbocycles. The highest BCUT2D eigenvalue weighted by Crippen LogP contribution is 2.37. The highest BCUT2D eigenvalue weighted by molar-refractivity contribution is 7.07. The Kier molecular flexibility index (Phi) is 8.00. The molecule has 0 aliphatic carbocycles. The standard InChI is InChI=1S/C31H19Cl3N4O5S/c1-16-27(29(39)36-19-5-3-2-4-6-19)28(17-7-9-18(32)10-8-17)37-30(40)26(44-31(37)35-16)13-20-11-12-25(43-20)21-14-23(34)24(38(41)42)15-22(21)33/h2-15,28H,1H3,(H,36,39)/b26-13+. The summed E-state index contributed by atoms with van der Waals surface area (Å²) in [7, 11) is 0. The Hall–Kier alpha value is -4.48. The first kappa shape index (κ1) is 29.6. The number of allylic oxidation sites excluding steroid dienone is 1. The van der Waals surface area contributed by atoms with E-state index < -0.39 is 11.0 Å². The molecule has 1 aliphatic rings. The number of aromatic nitrogens is 1. The predicted molar refractivity (Wildman–Crippen MR) is 171 cm³/mol. The molecule has 1 unspecified atom stereocenters. The number of para-hydroxylation sites is 1. The van der Waals surface area contributed by atoms with Gasteiger partial charge in [-0.2, -0.15) is 0 Å². The summed E-state index contributed by atoms with van der Waals surface area (Å²) in [6.07, 6.45) is 1.57. The maximum Gasteiger partial charge on any atom is 0.289 e. The fourth-order valence-electron chi connectivity index (χ4n) is 4.86. The van der Waals surface area contributed by atoms with Crippen LogP contribution in [0.1, 0.15) is 24.3 Å². The highest BCUT2D eigenvalue weighted by Gasteiger charge is 2.32. The van der Waals surface area contributed by atoms with Crippen molar-refractivity contribution in [1.29, 1.82) is 0 Å². The number of nitrogens with zero attached hydrogens (tertiary/aromatic N) is 3. The summed E-state index contributed by atoms with van der Waals surface area (Å²) < 4.78 is 7.74. The summed E-state index contributed by atoms with van der Waals surface area (Å²) in [5.41, 5.74) is 1.73. The summed E-state index contributed by atoms with van der Waals surface area (Å²) in [5.74, 6) is 0.248. The normalized spacial score (nSPS) is 14.7. The second-order valence-corrected chi connectivity index (χ2v) is 12.0. The topological polar surface area (TPSA) is 120 Å². The number of carbonyl (C=O) groups is 1. The molecule has 13 heteroatoms. The van der Waals surface area contributed by atoms with Crippen LogP contribution in [0.4, 0.5) is 11.4 Å². The molecule has 0 bridgehead atoms. The van der Waals surface area contributed by atoms with E-state index in [0.29, 0.717) is 54.0 Å². The molecule has 0 saturated carbocycles. The molecule has 0 spiro atoms. The molecule has 1 amide bonds. The predicted octanol–water partition coefficient (Wildman–Crippen LogP) is 7.00. The number of hydrogen-bond acceptors (Lipinski definition) is 7. The smallest absolute Gasteiger partial charge is 0.289 e. The van der Waals surface area contributed by atoms with Crippen LogP contribution in [0.3, 0.4) is 0 Å². The number of amides is 1. The van der Waals surface area contributed by atoms with Gasteiger partial charge in [0.15, 0.2) is 4.80 Å². The lowest BCUT2D eigenvalue weighted by Gasteiger charge is -2.25. The first-order valence-corrected chi connectivity index (χ1v) is 14.9. The monoisotopic (exact) mass is 664 g/mol. The molecule has 9 nitrogen and oxygen atoms in total. The number of carbonyl (C=O) groups excluding carboxylic acids is 1. The number of thiazole rings is 1. The summed E-state index contributed by atoms with van der Waals surface area (Å²) in [5, 5.41) is 14.6. The van der Waals surface area contributed by atoms with Crippen molar-refractivity contribution in [2.45, 2.75) is 13.0 Å². The van der Waals surface area contributed by atoms with Crippen molar-refractivity contribution in [2.75, 3.05) is 5.32 Å². The lowest BCUT2D eigenvalue weighted by atomic mass is 9.95. The minimum absolute atomic E-state index is 0.0844. The van der Waals surface area contributed by atoms with Gasteiger partial charge < -0.3 is 9.73 Å². The van der Waals surface area contributed by atoms with Crippen molar-refractivity contribution in [3.05, 3.63) is 146 Å². The van der Waals surface area contributed by atoms with Crippen LogP contribution in [-0.2, 0) is 4.79 Å². The Morgan fingerprint density at radius 1 is 1.05 bits per heavy atom. The molecule has 1 N–H and O–H groups in total. The third-order valence-electron chi connectivity index (χ3n) is 6.88. The van der Waals surface area contributed by atoms with Crippen LogP contribution in [0.5, 0.6) is 0 Å². The second kappa shape index (κ2) is 11.9. The fourth-order valence-corrected chi connectivity index (χ4v) is 6.50. The van der Waals surface area contributed by atoms with Gasteiger partial charge in [-0.3, -0.25) is 24.3 Å². The van der Waals surface area contributed by atoms with Crippen LogP contribution in [0, 0.1) is 10.1 Å². The van der Waals surface area contributed by atoms with Gasteiger partial charge in [0.05, 0.1) is 31.8 Å². The number of nitrogens with one attached hydrogen (secondary N) is 1. The lowest BCUT2D eigenvalue weighted by Crippen LogP contribution is -2.40. The first-order valence-electron chi connectivity index (χ1n) is 13.0. The van der Waals surface area contributed by atoms with E-state index >= 15 is 0 Å². The Balaban J connectivity index is 1.43. The largest absolute Gasteiger partial charge is 0.457 e. The molecular formula is C31H19Cl3N4O5S. The van der Waals surface area contributed by atoms with Crippen molar-refractivity contribution in [1.82, 2.24) is 4.57 Å². The first-order chi connectivity index (χ1) is 21.1. The van der Waals surface area contributed by atoms with E-state index in [2.05, 4.69) is 10.3 Å². The number of hydrogen-bond donors (Lipinski definition) is 1. The quantitative estimate of drug-likeness (QED) is 0.155. The van der Waals surface area contributed by atoms with E-state index in [4.69, 9.17) is 39.2 Å². The number of furan rings is 1. The zero-order chi connectivity index (χ0) is 31.1. The van der Waals surface area contributed by atoms with Gasteiger partial charge in [0.25, 0.3) is 17.2 Å². The van der Waals surface area contributed by atoms with E-state index in [1.54, 1.807) is 61.5 Å². The van der Waals surface area contributed by atoms with Crippen molar-refractivity contribution in [2.24, 2.45) is 4.99 Å². The van der Waals surface area contributed by atoms with Crippen LogP contribution >= 0.6 is 46.1 Å². The average molecular weight is 666 g/mol. The number of nitro groups is 1. The maximum absolute atomic E-state index is 13.9. The van der Waals surface area contributed by atoms with Gasteiger partial charge in [0.2, 0.25) is 0 Å². The number of rotatable bonds is 6. The van der Waals surface area contributed by atoms with Gasteiger partial charge in [-0.1, -0.05) is 76.5 Å². The van der Waals surface area contributed by atoms with E-state index in [0.717, 1.165) is 17.4 Å². The van der Waals surface area contributed by atoms with Gasteiger partial charge in [0, 0.05) is 28.4 Å². The third-order valence-corrected chi connectivity index (χ3v) is 8.73. The molecule has 0 fully saturated rings. The summed E-state index contributed by atoms with van der Waals surface area (Å²) in [4.78, 5) is 43.2. The minimum Gasteiger partial charge on any atom is -0.457 e. The van der Waals surface area contributed by atoms with Gasteiger partial charge >= 0.3 is 0 Å². The van der Waals surface area contributed by atoms with Crippen LogP contribution in [-0.4, -0.2) is 15.4 Å². The lowest BCUT2D eigenvalue weighted by molar-refractivity contribution is -0.384. The zero-order valence-electron chi connectivity index (χ0n) is 22.6. The van der Waals surface area contributed by atoms with Crippen molar-refractivity contribution >= 4 is 69.5 Å². The maximum atomic E-state index is 13.9. The van der Waals surface area contributed by atoms with Crippen LogP contribution in [0.15, 0.2) is 104 Å². The number of nitro benzene ring substituents is 1. The van der Waals surface area contributed by atoms with Crippen molar-refractivity contribution < 1.29 is 14.1 Å².